The zero-order valence-corrected chi connectivity index (χ0v) is 13.4. The molecule has 1 fully saturated rings. The highest BCUT2D eigenvalue weighted by molar-refractivity contribution is 7.90. The molecule has 1 aromatic heterocycles. The van der Waals surface area contributed by atoms with Crippen molar-refractivity contribution in [2.24, 2.45) is 0 Å². The van der Waals surface area contributed by atoms with Gasteiger partial charge in [0.2, 0.25) is 5.95 Å². The lowest BCUT2D eigenvalue weighted by atomic mass is 10.1. The number of aryl methyl sites for hydroxylation is 1. The van der Waals surface area contributed by atoms with E-state index in [1.165, 1.54) is 6.26 Å². The van der Waals surface area contributed by atoms with Gasteiger partial charge in [0.05, 0.1) is 17.6 Å². The molecule has 1 saturated heterocycles. The topological polar surface area (TPSA) is 88.1 Å². The molecule has 0 unspecified atom stereocenters. The van der Waals surface area contributed by atoms with Crippen molar-refractivity contribution in [3.8, 4) is 0 Å². The fourth-order valence-electron chi connectivity index (χ4n) is 2.56. The van der Waals surface area contributed by atoms with E-state index in [2.05, 4.69) is 25.4 Å². The second-order valence-corrected chi connectivity index (χ2v) is 7.95. The lowest BCUT2D eigenvalue weighted by Gasteiger charge is -2.33. The Morgan fingerprint density at radius 3 is 3.00 bits per heavy atom. The Hall–Kier alpha value is -1.28. The number of hydrogen-bond donors (Lipinski definition) is 1. The Morgan fingerprint density at radius 2 is 2.29 bits per heavy atom. The van der Waals surface area contributed by atoms with Crippen molar-refractivity contribution in [1.82, 2.24) is 20.1 Å². The van der Waals surface area contributed by atoms with Crippen molar-refractivity contribution in [3.05, 3.63) is 11.9 Å². The summed E-state index contributed by atoms with van der Waals surface area (Å²) >= 11 is 0. The second-order valence-electron chi connectivity index (χ2n) is 5.69. The number of nitrogens with one attached hydrogen (secondary N) is 1. The van der Waals surface area contributed by atoms with E-state index in [0.717, 1.165) is 38.2 Å². The summed E-state index contributed by atoms with van der Waals surface area (Å²) in [7, 11) is -2.86. The van der Waals surface area contributed by atoms with Gasteiger partial charge in [0.25, 0.3) is 0 Å². The third kappa shape index (κ3) is 5.92. The fourth-order valence-corrected chi connectivity index (χ4v) is 3.21. The SMILES string of the molecule is Cc1cnnc(N[C@@H]2CCCN(CCCS(C)(=O)=O)C2)n1. The van der Waals surface area contributed by atoms with Crippen LogP contribution in [0.25, 0.3) is 0 Å². The molecule has 1 N–H and O–H groups in total. The largest absolute Gasteiger partial charge is 0.349 e. The van der Waals surface area contributed by atoms with Gasteiger partial charge in [0.1, 0.15) is 9.84 Å². The van der Waals surface area contributed by atoms with Gasteiger partial charge in [-0.25, -0.2) is 13.4 Å². The number of likely N-dealkylation sites (tertiary alicyclic amines) is 1. The molecular weight excluding hydrogens is 290 g/mol. The number of aromatic nitrogens is 3. The summed E-state index contributed by atoms with van der Waals surface area (Å²) in [4.78, 5) is 6.61. The quantitative estimate of drug-likeness (QED) is 0.817. The number of anilines is 1. The van der Waals surface area contributed by atoms with Crippen LogP contribution in [0.5, 0.6) is 0 Å². The maximum Gasteiger partial charge on any atom is 0.243 e. The number of rotatable bonds is 6. The molecule has 2 rings (SSSR count). The lowest BCUT2D eigenvalue weighted by molar-refractivity contribution is 0.216. The van der Waals surface area contributed by atoms with Crippen molar-refractivity contribution in [1.29, 1.82) is 0 Å². The molecule has 0 aromatic carbocycles. The van der Waals surface area contributed by atoms with Gasteiger partial charge in [0, 0.05) is 18.8 Å². The van der Waals surface area contributed by atoms with Gasteiger partial charge in [0.15, 0.2) is 0 Å². The Balaban J connectivity index is 1.80. The average Bonchev–Trinajstić information content (AvgIpc) is 2.37. The highest BCUT2D eigenvalue weighted by Crippen LogP contribution is 2.14. The Labute approximate surface area is 126 Å². The van der Waals surface area contributed by atoms with E-state index in [9.17, 15) is 8.42 Å². The van der Waals surface area contributed by atoms with Crippen LogP contribution in [0.4, 0.5) is 5.95 Å². The van der Waals surface area contributed by atoms with Crippen molar-refractivity contribution in [2.45, 2.75) is 32.2 Å². The van der Waals surface area contributed by atoms with Crippen LogP contribution in [-0.2, 0) is 9.84 Å². The predicted octanol–water partition coefficient (Wildman–Crippen LogP) is 0.491. The van der Waals surface area contributed by atoms with Crippen LogP contribution >= 0.6 is 0 Å². The molecule has 0 spiro atoms. The van der Waals surface area contributed by atoms with Gasteiger partial charge >= 0.3 is 0 Å². The molecule has 21 heavy (non-hydrogen) atoms. The van der Waals surface area contributed by atoms with Crippen LogP contribution in [0.1, 0.15) is 25.0 Å². The van der Waals surface area contributed by atoms with E-state index < -0.39 is 9.84 Å². The average molecular weight is 313 g/mol. The van der Waals surface area contributed by atoms with Crippen molar-refractivity contribution in [3.63, 3.8) is 0 Å². The summed E-state index contributed by atoms with van der Waals surface area (Å²) in [6.07, 6.45) is 5.77. The molecule has 0 saturated carbocycles. The first-order chi connectivity index (χ1) is 9.92. The van der Waals surface area contributed by atoms with Crippen molar-refractivity contribution >= 4 is 15.8 Å². The van der Waals surface area contributed by atoms with Crippen molar-refractivity contribution in [2.75, 3.05) is 37.0 Å². The molecule has 0 bridgehead atoms. The molecule has 1 aliphatic rings. The van der Waals surface area contributed by atoms with Crippen LogP contribution in [-0.4, -0.2) is 66.2 Å². The van der Waals surface area contributed by atoms with Gasteiger partial charge < -0.3 is 10.2 Å². The lowest BCUT2D eigenvalue weighted by Crippen LogP contribution is -2.43. The van der Waals surface area contributed by atoms with Crippen LogP contribution < -0.4 is 5.32 Å². The van der Waals surface area contributed by atoms with Crippen LogP contribution in [0.15, 0.2) is 6.20 Å². The molecule has 0 aliphatic carbocycles. The summed E-state index contributed by atoms with van der Waals surface area (Å²) in [6.45, 7) is 4.62. The summed E-state index contributed by atoms with van der Waals surface area (Å²) in [5.74, 6) is 0.824. The van der Waals surface area contributed by atoms with Crippen molar-refractivity contribution < 1.29 is 8.42 Å². The van der Waals surface area contributed by atoms with Gasteiger partial charge in [-0.1, -0.05) is 0 Å². The predicted molar refractivity (Wildman–Crippen MR) is 82.0 cm³/mol. The monoisotopic (exact) mass is 313 g/mol. The van der Waals surface area contributed by atoms with E-state index >= 15 is 0 Å². The highest BCUT2D eigenvalue weighted by Gasteiger charge is 2.20. The maximum atomic E-state index is 11.2. The second kappa shape index (κ2) is 7.13. The summed E-state index contributed by atoms with van der Waals surface area (Å²) in [5.41, 5.74) is 0.841. The van der Waals surface area contributed by atoms with E-state index in [1.807, 2.05) is 6.92 Å². The van der Waals surface area contributed by atoms with E-state index in [0.29, 0.717) is 18.4 Å². The summed E-state index contributed by atoms with van der Waals surface area (Å²) in [5, 5.41) is 11.2. The first-order valence-electron chi connectivity index (χ1n) is 7.25. The minimum atomic E-state index is -2.86. The Bertz CT molecular complexity index is 563. The zero-order valence-electron chi connectivity index (χ0n) is 12.6. The molecule has 118 valence electrons. The minimum absolute atomic E-state index is 0.256. The zero-order chi connectivity index (χ0) is 15.3. The third-order valence-electron chi connectivity index (χ3n) is 3.51. The highest BCUT2D eigenvalue weighted by atomic mass is 32.2. The van der Waals surface area contributed by atoms with E-state index in [4.69, 9.17) is 0 Å². The fraction of sp³-hybridized carbons (Fsp3) is 0.769. The van der Waals surface area contributed by atoms with Gasteiger partial charge in [-0.15, -0.1) is 5.10 Å². The maximum absolute atomic E-state index is 11.2. The smallest absolute Gasteiger partial charge is 0.243 e. The molecule has 1 aliphatic heterocycles. The normalized spacial score (nSPS) is 20.4. The van der Waals surface area contributed by atoms with E-state index in [1.54, 1.807) is 6.20 Å². The number of sulfone groups is 1. The molecule has 7 nitrogen and oxygen atoms in total. The van der Waals surface area contributed by atoms with Crippen LogP contribution in [0.3, 0.4) is 0 Å². The van der Waals surface area contributed by atoms with Gasteiger partial charge in [-0.2, -0.15) is 5.10 Å². The Kier molecular flexibility index (Phi) is 5.46. The molecule has 0 amide bonds. The molecule has 8 heteroatoms. The molecule has 0 radical (unpaired) electrons. The minimum Gasteiger partial charge on any atom is -0.349 e. The molecule has 1 aromatic rings. The number of nitrogens with zero attached hydrogens (tertiary/aromatic N) is 4. The van der Waals surface area contributed by atoms with Crippen LogP contribution in [0, 0.1) is 6.92 Å². The number of hydrogen-bond acceptors (Lipinski definition) is 7. The first-order valence-corrected chi connectivity index (χ1v) is 9.31. The summed E-state index contributed by atoms with van der Waals surface area (Å²) < 4.78 is 22.3. The summed E-state index contributed by atoms with van der Waals surface area (Å²) in [6, 6.07) is 0.292. The molecule has 1 atom stereocenters. The molecule has 2 heterocycles. The standard InChI is InChI=1S/C13H23N5O2S/c1-11-9-14-17-13(15-11)16-12-5-3-6-18(10-12)7-4-8-21(2,19)20/h9,12H,3-8,10H2,1-2H3,(H,15,16,17)/t12-/m1/s1. The van der Waals surface area contributed by atoms with Gasteiger partial charge in [-0.05, 0) is 39.3 Å². The van der Waals surface area contributed by atoms with Crippen LogP contribution in [0.2, 0.25) is 0 Å². The number of piperidine rings is 1. The Morgan fingerprint density at radius 1 is 1.48 bits per heavy atom. The third-order valence-corrected chi connectivity index (χ3v) is 4.54. The molecular formula is C13H23N5O2S. The van der Waals surface area contributed by atoms with E-state index in [-0.39, 0.29) is 5.75 Å². The van der Waals surface area contributed by atoms with Gasteiger partial charge in [-0.3, -0.25) is 0 Å². The first kappa shape index (κ1) is 16.1.